The number of carbonyl (C=O) groups is 1. The summed E-state index contributed by atoms with van der Waals surface area (Å²) in [6.45, 7) is 4.55. The summed E-state index contributed by atoms with van der Waals surface area (Å²) in [6.07, 6.45) is 0. The van der Waals surface area contributed by atoms with Gasteiger partial charge in [-0.3, -0.25) is 4.79 Å². The van der Waals surface area contributed by atoms with E-state index in [1.54, 1.807) is 4.68 Å². The predicted octanol–water partition coefficient (Wildman–Crippen LogP) is 3.06. The minimum absolute atomic E-state index is 0.0274. The molecular weight excluding hydrogens is 346 g/mol. The smallest absolute Gasteiger partial charge is 0.233 e. The Bertz CT molecular complexity index is 837. The van der Waals surface area contributed by atoms with Crippen molar-refractivity contribution < 1.29 is 4.79 Å². The van der Waals surface area contributed by atoms with Gasteiger partial charge in [-0.05, 0) is 41.0 Å². The third kappa shape index (κ3) is 4.49. The van der Waals surface area contributed by atoms with Gasteiger partial charge in [0.1, 0.15) is 0 Å². The average Bonchev–Trinajstić information content (AvgIpc) is 3.15. The summed E-state index contributed by atoms with van der Waals surface area (Å²) in [5.41, 5.74) is 2.08. The van der Waals surface area contributed by atoms with Crippen LogP contribution in [0, 0.1) is 0 Å². The lowest BCUT2D eigenvalue weighted by Gasteiger charge is -2.15. The maximum atomic E-state index is 12.4. The topological polar surface area (TPSA) is 72.7 Å². The van der Waals surface area contributed by atoms with E-state index in [1.165, 1.54) is 17.3 Å². The molecule has 7 heteroatoms. The first kappa shape index (κ1) is 18.1. The Kier molecular flexibility index (Phi) is 6.01. The Balaban J connectivity index is 1.58. The molecule has 0 aliphatic rings. The van der Waals surface area contributed by atoms with Crippen LogP contribution in [0.4, 0.5) is 0 Å². The van der Waals surface area contributed by atoms with E-state index in [1.807, 2.05) is 55.5 Å². The van der Waals surface area contributed by atoms with Gasteiger partial charge in [0.05, 0.1) is 10.9 Å². The number of amides is 1. The number of nitrogens with one attached hydrogen (secondary N) is 1. The Morgan fingerprint density at radius 3 is 2.42 bits per heavy atom. The number of hydrogen-bond donors (Lipinski definition) is 1. The lowest BCUT2D eigenvalue weighted by Crippen LogP contribution is -2.33. The van der Waals surface area contributed by atoms with Gasteiger partial charge in [-0.1, -0.05) is 67.2 Å². The molecule has 1 N–H and O–H groups in total. The molecule has 0 saturated carbocycles. The first-order valence-electron chi connectivity index (χ1n) is 8.48. The summed E-state index contributed by atoms with van der Waals surface area (Å²) < 4.78 is 1.64. The van der Waals surface area contributed by atoms with Crippen LogP contribution in [-0.2, 0) is 4.79 Å². The van der Waals surface area contributed by atoms with Gasteiger partial charge in [-0.15, -0.1) is 5.10 Å². The lowest BCUT2D eigenvalue weighted by molar-refractivity contribution is -0.120. The van der Waals surface area contributed by atoms with Gasteiger partial charge in [0.2, 0.25) is 11.1 Å². The van der Waals surface area contributed by atoms with Crippen LogP contribution in [-0.4, -0.2) is 37.9 Å². The van der Waals surface area contributed by atoms with Crippen molar-refractivity contribution in [2.75, 3.05) is 6.54 Å². The van der Waals surface area contributed by atoms with E-state index in [-0.39, 0.29) is 17.1 Å². The Labute approximate surface area is 157 Å². The van der Waals surface area contributed by atoms with Crippen molar-refractivity contribution in [3.05, 3.63) is 66.2 Å². The zero-order valence-corrected chi connectivity index (χ0v) is 15.6. The fourth-order valence-corrected chi connectivity index (χ4v) is 3.32. The molecule has 0 aliphatic heterocycles. The van der Waals surface area contributed by atoms with Crippen LogP contribution in [0.15, 0.2) is 65.8 Å². The van der Waals surface area contributed by atoms with Crippen molar-refractivity contribution >= 4 is 17.7 Å². The first-order valence-corrected chi connectivity index (χ1v) is 9.36. The second kappa shape index (κ2) is 8.62. The standard InChI is InChI=1S/C19H21N5OS/c1-14(16-9-5-3-6-10-16)13-20-18(25)15(2)26-19-21-22-23-24(19)17-11-7-4-8-12-17/h3-12,14-15H,13H2,1-2H3,(H,20,25)/t14-,15-/m1/s1. The highest BCUT2D eigenvalue weighted by atomic mass is 32.2. The Morgan fingerprint density at radius 1 is 1.08 bits per heavy atom. The number of rotatable bonds is 7. The zero-order chi connectivity index (χ0) is 18.4. The molecule has 0 unspecified atom stereocenters. The lowest BCUT2D eigenvalue weighted by atomic mass is 10.0. The molecule has 0 spiro atoms. The number of para-hydroxylation sites is 1. The maximum Gasteiger partial charge on any atom is 0.233 e. The number of hydrogen-bond acceptors (Lipinski definition) is 5. The number of carbonyl (C=O) groups excluding carboxylic acids is 1. The first-order chi connectivity index (χ1) is 12.6. The van der Waals surface area contributed by atoms with Gasteiger partial charge in [-0.25, -0.2) is 0 Å². The molecule has 1 amide bonds. The van der Waals surface area contributed by atoms with Crippen LogP contribution in [0.2, 0.25) is 0 Å². The molecule has 0 saturated heterocycles. The third-order valence-electron chi connectivity index (χ3n) is 4.04. The van der Waals surface area contributed by atoms with Gasteiger partial charge >= 0.3 is 0 Å². The van der Waals surface area contributed by atoms with Gasteiger partial charge < -0.3 is 5.32 Å². The number of benzene rings is 2. The minimum atomic E-state index is -0.300. The largest absolute Gasteiger partial charge is 0.355 e. The van der Waals surface area contributed by atoms with Crippen molar-refractivity contribution in [2.24, 2.45) is 0 Å². The van der Waals surface area contributed by atoms with Crippen LogP contribution in [0.1, 0.15) is 25.3 Å². The molecule has 134 valence electrons. The molecule has 1 heterocycles. The normalized spacial score (nSPS) is 13.2. The molecule has 0 radical (unpaired) electrons. The number of tetrazole rings is 1. The third-order valence-corrected chi connectivity index (χ3v) is 5.08. The van der Waals surface area contributed by atoms with Crippen LogP contribution >= 0.6 is 11.8 Å². The van der Waals surface area contributed by atoms with E-state index < -0.39 is 0 Å². The molecule has 3 aromatic rings. The zero-order valence-electron chi connectivity index (χ0n) is 14.7. The fourth-order valence-electron chi connectivity index (χ4n) is 2.49. The van der Waals surface area contributed by atoms with E-state index in [0.717, 1.165) is 5.69 Å². The highest BCUT2D eigenvalue weighted by molar-refractivity contribution is 8.00. The van der Waals surface area contributed by atoms with Crippen LogP contribution < -0.4 is 5.32 Å². The summed E-state index contributed by atoms with van der Waals surface area (Å²) in [4.78, 5) is 12.4. The summed E-state index contributed by atoms with van der Waals surface area (Å²) in [6, 6.07) is 19.8. The van der Waals surface area contributed by atoms with Gasteiger partial charge in [0, 0.05) is 6.54 Å². The molecule has 0 fully saturated rings. The van der Waals surface area contributed by atoms with Crippen molar-refractivity contribution in [1.29, 1.82) is 0 Å². The molecule has 2 aromatic carbocycles. The average molecular weight is 367 g/mol. The maximum absolute atomic E-state index is 12.4. The highest BCUT2D eigenvalue weighted by Gasteiger charge is 2.19. The highest BCUT2D eigenvalue weighted by Crippen LogP contribution is 2.23. The summed E-state index contributed by atoms with van der Waals surface area (Å²) in [5, 5.41) is 15.1. The molecule has 0 bridgehead atoms. The molecule has 1 aromatic heterocycles. The SMILES string of the molecule is C[C@H](CNC(=O)[C@@H](C)Sc1nnnn1-c1ccccc1)c1ccccc1. The monoisotopic (exact) mass is 367 g/mol. The molecule has 3 rings (SSSR count). The van der Waals surface area contributed by atoms with Crippen molar-refractivity contribution in [3.8, 4) is 5.69 Å². The van der Waals surface area contributed by atoms with Crippen molar-refractivity contribution in [2.45, 2.75) is 30.2 Å². The van der Waals surface area contributed by atoms with Crippen LogP contribution in [0.3, 0.4) is 0 Å². The summed E-state index contributed by atoms with van der Waals surface area (Å²) in [7, 11) is 0. The molecule has 6 nitrogen and oxygen atoms in total. The minimum Gasteiger partial charge on any atom is -0.355 e. The Hall–Kier alpha value is -2.67. The molecule has 0 aliphatic carbocycles. The fraction of sp³-hybridized carbons (Fsp3) is 0.263. The summed E-state index contributed by atoms with van der Waals surface area (Å²) in [5.74, 6) is 0.229. The number of thioether (sulfide) groups is 1. The van der Waals surface area contributed by atoms with E-state index in [4.69, 9.17) is 0 Å². The molecule has 2 atom stereocenters. The second-order valence-corrected chi connectivity index (χ2v) is 7.33. The quantitative estimate of drug-likeness (QED) is 0.650. The summed E-state index contributed by atoms with van der Waals surface area (Å²) >= 11 is 1.34. The van der Waals surface area contributed by atoms with Gasteiger partial charge in [0.15, 0.2) is 0 Å². The number of aromatic nitrogens is 4. The second-order valence-electron chi connectivity index (χ2n) is 6.03. The van der Waals surface area contributed by atoms with Crippen molar-refractivity contribution in [3.63, 3.8) is 0 Å². The van der Waals surface area contributed by atoms with Crippen LogP contribution in [0.25, 0.3) is 5.69 Å². The van der Waals surface area contributed by atoms with Crippen molar-refractivity contribution in [1.82, 2.24) is 25.5 Å². The van der Waals surface area contributed by atoms with Gasteiger partial charge in [0.25, 0.3) is 0 Å². The molecule has 26 heavy (non-hydrogen) atoms. The van der Waals surface area contributed by atoms with E-state index in [9.17, 15) is 4.79 Å². The Morgan fingerprint density at radius 2 is 1.73 bits per heavy atom. The van der Waals surface area contributed by atoms with E-state index in [0.29, 0.717) is 11.7 Å². The van der Waals surface area contributed by atoms with Crippen LogP contribution in [0.5, 0.6) is 0 Å². The van der Waals surface area contributed by atoms with E-state index >= 15 is 0 Å². The number of nitrogens with zero attached hydrogens (tertiary/aromatic N) is 4. The molecular formula is C19H21N5OS. The van der Waals surface area contributed by atoms with E-state index in [2.05, 4.69) is 39.9 Å². The van der Waals surface area contributed by atoms with Gasteiger partial charge in [-0.2, -0.15) is 4.68 Å². The predicted molar refractivity (Wildman–Crippen MR) is 102 cm³/mol.